The smallest absolute Gasteiger partial charge is 0.248 e. The van der Waals surface area contributed by atoms with Gasteiger partial charge in [0.15, 0.2) is 0 Å². The molecule has 4 nitrogen and oxygen atoms in total. The van der Waals surface area contributed by atoms with Crippen molar-refractivity contribution in [3.8, 4) is 0 Å². The Morgan fingerprint density at radius 3 is 2.62 bits per heavy atom. The molecule has 0 aromatic heterocycles. The van der Waals surface area contributed by atoms with Crippen LogP contribution in [0.5, 0.6) is 0 Å². The van der Waals surface area contributed by atoms with Gasteiger partial charge in [-0.1, -0.05) is 30.3 Å². The summed E-state index contributed by atoms with van der Waals surface area (Å²) in [5.41, 5.74) is 1.57. The summed E-state index contributed by atoms with van der Waals surface area (Å²) in [5.74, 6) is 0.131. The second kappa shape index (κ2) is 6.58. The molecule has 0 radical (unpaired) electrons. The number of benzene rings is 1. The monoisotopic (exact) mass is 288 g/mol. The molecule has 0 unspecified atom stereocenters. The molecule has 2 aliphatic heterocycles. The Bertz CT molecular complexity index is 459. The minimum atomic E-state index is 0.131. The van der Waals surface area contributed by atoms with Gasteiger partial charge in [-0.3, -0.25) is 4.79 Å². The topological polar surface area (TPSA) is 41.6 Å². The molecule has 0 aliphatic carbocycles. The molecule has 4 heteroatoms. The number of rotatable bonds is 4. The first-order chi connectivity index (χ1) is 10.3. The Morgan fingerprint density at radius 2 is 1.95 bits per heavy atom. The van der Waals surface area contributed by atoms with Gasteiger partial charge < -0.3 is 15.0 Å². The van der Waals surface area contributed by atoms with E-state index in [2.05, 4.69) is 5.32 Å². The van der Waals surface area contributed by atoms with E-state index >= 15 is 0 Å². The molecule has 0 saturated carbocycles. The maximum absolute atomic E-state index is 12.2. The van der Waals surface area contributed by atoms with Crippen molar-refractivity contribution in [2.45, 2.75) is 25.9 Å². The highest BCUT2D eigenvalue weighted by atomic mass is 16.5. The van der Waals surface area contributed by atoms with Gasteiger partial charge in [0.2, 0.25) is 5.91 Å². The molecular weight excluding hydrogens is 264 g/mol. The second-order valence-corrected chi connectivity index (χ2v) is 6.29. The Morgan fingerprint density at radius 1 is 1.19 bits per heavy atom. The number of carbonyl (C=O) groups excluding carboxylic acids is 1. The van der Waals surface area contributed by atoms with Gasteiger partial charge in [0.25, 0.3) is 0 Å². The lowest BCUT2D eigenvalue weighted by Gasteiger charge is -2.38. The maximum atomic E-state index is 12.2. The van der Waals surface area contributed by atoms with Crippen LogP contribution >= 0.6 is 0 Å². The van der Waals surface area contributed by atoms with Gasteiger partial charge in [0.05, 0.1) is 6.61 Å². The molecule has 1 aromatic carbocycles. The first-order valence-corrected chi connectivity index (χ1v) is 7.88. The van der Waals surface area contributed by atoms with Crippen LogP contribution in [0, 0.1) is 5.41 Å². The van der Waals surface area contributed by atoms with Crippen molar-refractivity contribution in [3.63, 3.8) is 0 Å². The predicted octanol–water partition coefficient (Wildman–Crippen LogP) is 1.81. The van der Waals surface area contributed by atoms with E-state index in [0.717, 1.165) is 44.6 Å². The zero-order valence-corrected chi connectivity index (χ0v) is 12.5. The summed E-state index contributed by atoms with van der Waals surface area (Å²) in [4.78, 5) is 14.1. The van der Waals surface area contributed by atoms with Gasteiger partial charge in [-0.15, -0.1) is 0 Å². The van der Waals surface area contributed by atoms with Gasteiger partial charge in [0, 0.05) is 19.6 Å². The summed E-state index contributed by atoms with van der Waals surface area (Å²) in [6, 6.07) is 9.99. The Kier molecular flexibility index (Phi) is 4.56. The van der Waals surface area contributed by atoms with Crippen LogP contribution in [0.4, 0.5) is 0 Å². The van der Waals surface area contributed by atoms with Crippen molar-refractivity contribution in [2.75, 3.05) is 32.8 Å². The van der Waals surface area contributed by atoms with E-state index in [4.69, 9.17) is 4.74 Å². The van der Waals surface area contributed by atoms with Gasteiger partial charge in [-0.2, -0.15) is 0 Å². The number of likely N-dealkylation sites (tertiary alicyclic amines) is 1. The number of ether oxygens (including phenoxy) is 1. The lowest BCUT2D eigenvalue weighted by Crippen LogP contribution is -2.45. The number of hydrogen-bond donors (Lipinski definition) is 1. The molecule has 1 amide bonds. The number of carbonyl (C=O) groups is 1. The van der Waals surface area contributed by atoms with Crippen LogP contribution in [-0.4, -0.2) is 43.6 Å². The van der Waals surface area contributed by atoms with Crippen LogP contribution in [0.25, 0.3) is 0 Å². The van der Waals surface area contributed by atoms with Crippen molar-refractivity contribution in [3.05, 3.63) is 35.9 Å². The van der Waals surface area contributed by atoms with E-state index < -0.39 is 0 Å². The Labute approximate surface area is 126 Å². The molecule has 114 valence electrons. The highest BCUT2D eigenvalue weighted by Gasteiger charge is 2.37. The molecule has 2 heterocycles. The number of nitrogens with zero attached hydrogens (tertiary/aromatic N) is 1. The molecule has 0 atom stereocenters. The third kappa shape index (κ3) is 3.63. The average molecular weight is 288 g/mol. The molecule has 1 N–H and O–H groups in total. The summed E-state index contributed by atoms with van der Waals surface area (Å²) >= 11 is 0. The molecule has 2 fully saturated rings. The van der Waals surface area contributed by atoms with Crippen molar-refractivity contribution in [2.24, 2.45) is 5.41 Å². The third-order valence-corrected chi connectivity index (χ3v) is 4.85. The lowest BCUT2D eigenvalue weighted by molar-refractivity contribution is -0.138. The Hall–Kier alpha value is -1.39. The van der Waals surface area contributed by atoms with Crippen LogP contribution in [0.3, 0.4) is 0 Å². The van der Waals surface area contributed by atoms with Crippen molar-refractivity contribution < 1.29 is 9.53 Å². The fraction of sp³-hybridized carbons (Fsp3) is 0.588. The molecular formula is C17H24N2O2. The van der Waals surface area contributed by atoms with Gasteiger partial charge in [-0.25, -0.2) is 0 Å². The molecule has 1 aromatic rings. The summed E-state index contributed by atoms with van der Waals surface area (Å²) in [7, 11) is 0. The highest BCUT2D eigenvalue weighted by Crippen LogP contribution is 2.36. The fourth-order valence-corrected chi connectivity index (χ4v) is 3.37. The van der Waals surface area contributed by atoms with E-state index in [0.29, 0.717) is 12.0 Å². The molecule has 21 heavy (non-hydrogen) atoms. The van der Waals surface area contributed by atoms with Crippen LogP contribution in [0.15, 0.2) is 30.3 Å². The average Bonchev–Trinajstić information content (AvgIpc) is 2.97. The molecule has 3 rings (SSSR count). The number of hydrogen-bond acceptors (Lipinski definition) is 3. The summed E-state index contributed by atoms with van der Waals surface area (Å²) in [5, 5.41) is 3.45. The van der Waals surface area contributed by atoms with E-state index in [1.165, 1.54) is 6.42 Å². The normalized spacial score (nSPS) is 20.9. The lowest BCUT2D eigenvalue weighted by atomic mass is 9.78. The van der Waals surface area contributed by atoms with Crippen LogP contribution in [0.2, 0.25) is 0 Å². The fourth-order valence-electron chi connectivity index (χ4n) is 3.37. The zero-order valence-electron chi connectivity index (χ0n) is 12.5. The zero-order chi connectivity index (χ0) is 14.5. The minimum Gasteiger partial charge on any atom is -0.367 e. The minimum absolute atomic E-state index is 0.131. The van der Waals surface area contributed by atoms with E-state index in [1.807, 2.05) is 35.2 Å². The molecule has 1 spiro atoms. The van der Waals surface area contributed by atoms with Gasteiger partial charge in [-0.05, 0) is 36.8 Å². The van der Waals surface area contributed by atoms with E-state index in [1.54, 1.807) is 0 Å². The highest BCUT2D eigenvalue weighted by molar-refractivity contribution is 5.77. The first-order valence-electron chi connectivity index (χ1n) is 7.88. The maximum Gasteiger partial charge on any atom is 0.248 e. The second-order valence-electron chi connectivity index (χ2n) is 6.29. The first kappa shape index (κ1) is 14.5. The number of piperidine rings is 1. The molecule has 0 bridgehead atoms. The summed E-state index contributed by atoms with van der Waals surface area (Å²) in [6.07, 6.45) is 3.52. The summed E-state index contributed by atoms with van der Waals surface area (Å²) in [6.45, 7) is 4.73. The summed E-state index contributed by atoms with van der Waals surface area (Å²) < 4.78 is 5.55. The molecule has 2 aliphatic rings. The van der Waals surface area contributed by atoms with Crippen LogP contribution < -0.4 is 5.32 Å². The number of nitrogens with one attached hydrogen (secondary N) is 1. The molecule has 2 saturated heterocycles. The van der Waals surface area contributed by atoms with Crippen LogP contribution in [-0.2, 0) is 16.1 Å². The van der Waals surface area contributed by atoms with Crippen molar-refractivity contribution in [1.82, 2.24) is 10.2 Å². The number of amides is 1. The SMILES string of the molecule is O=C(COCc1ccccc1)N1CCC2(CCNC2)CC1. The Balaban J connectivity index is 1.40. The van der Waals surface area contributed by atoms with Gasteiger partial charge in [0.1, 0.15) is 6.61 Å². The quantitative estimate of drug-likeness (QED) is 0.918. The van der Waals surface area contributed by atoms with Crippen molar-refractivity contribution >= 4 is 5.91 Å². The predicted molar refractivity (Wildman–Crippen MR) is 81.8 cm³/mol. The van der Waals surface area contributed by atoms with Gasteiger partial charge >= 0.3 is 0 Å². The van der Waals surface area contributed by atoms with E-state index in [-0.39, 0.29) is 12.5 Å². The van der Waals surface area contributed by atoms with E-state index in [9.17, 15) is 4.79 Å². The van der Waals surface area contributed by atoms with Crippen LogP contribution in [0.1, 0.15) is 24.8 Å². The van der Waals surface area contributed by atoms with Crippen molar-refractivity contribution in [1.29, 1.82) is 0 Å². The third-order valence-electron chi connectivity index (χ3n) is 4.85. The standard InChI is InChI=1S/C17H24N2O2/c20-16(13-21-12-15-4-2-1-3-5-15)19-10-7-17(8-11-19)6-9-18-14-17/h1-5,18H,6-14H2. The largest absolute Gasteiger partial charge is 0.367 e.